The van der Waals surface area contributed by atoms with Crippen molar-refractivity contribution >= 4 is 5.97 Å². The van der Waals surface area contributed by atoms with Gasteiger partial charge in [-0.05, 0) is 20.8 Å². The summed E-state index contributed by atoms with van der Waals surface area (Å²) in [5.41, 5.74) is 0. The van der Waals surface area contributed by atoms with Gasteiger partial charge in [-0.1, -0.05) is 0 Å². The van der Waals surface area contributed by atoms with E-state index in [1.54, 1.807) is 20.8 Å². The highest BCUT2D eigenvalue weighted by Crippen LogP contribution is 1.96. The molecule has 60 valence electrons. The molecule has 3 nitrogen and oxygen atoms in total. The zero-order valence-electron chi connectivity index (χ0n) is 6.63. The van der Waals surface area contributed by atoms with E-state index in [1.807, 2.05) is 0 Å². The summed E-state index contributed by atoms with van der Waals surface area (Å²) in [4.78, 5) is 10.7. The lowest BCUT2D eigenvalue weighted by atomic mass is 10.3. The Morgan fingerprint density at radius 2 is 2.00 bits per heavy atom. The van der Waals surface area contributed by atoms with E-state index >= 15 is 0 Å². The van der Waals surface area contributed by atoms with Gasteiger partial charge in [-0.15, -0.1) is 0 Å². The molecule has 0 aliphatic carbocycles. The van der Waals surface area contributed by atoms with Gasteiger partial charge in [0.05, 0.1) is 18.6 Å². The molecule has 0 aromatic carbocycles. The van der Waals surface area contributed by atoms with Gasteiger partial charge < -0.3 is 9.84 Å². The Labute approximate surface area is 61.0 Å². The van der Waals surface area contributed by atoms with Gasteiger partial charge in [0, 0.05) is 0 Å². The number of carbonyl (C=O) groups excluding carboxylic acids is 1. The molecule has 1 N–H and O–H groups in total. The molecule has 0 spiro atoms. The molecule has 0 bridgehead atoms. The second-order valence-corrected chi connectivity index (χ2v) is 2.59. The summed E-state index contributed by atoms with van der Waals surface area (Å²) in [6, 6.07) is 0. The summed E-state index contributed by atoms with van der Waals surface area (Å²) in [5.74, 6) is -0.343. The van der Waals surface area contributed by atoms with Crippen LogP contribution in [0.4, 0.5) is 0 Å². The molecular formula is C7H14O3. The van der Waals surface area contributed by atoms with Crippen LogP contribution in [0.25, 0.3) is 0 Å². The highest BCUT2D eigenvalue weighted by molar-refractivity contribution is 5.69. The molecule has 0 aliphatic heterocycles. The lowest BCUT2D eigenvalue weighted by Crippen LogP contribution is -2.16. The molecule has 0 heterocycles. The van der Waals surface area contributed by atoms with Gasteiger partial charge >= 0.3 is 5.97 Å². The lowest BCUT2D eigenvalue weighted by molar-refractivity contribution is -0.149. The van der Waals surface area contributed by atoms with Crippen molar-refractivity contribution in [2.75, 3.05) is 0 Å². The minimum absolute atomic E-state index is 0.0815. The Hall–Kier alpha value is -0.570. The third-order valence-corrected chi connectivity index (χ3v) is 0.829. The Bertz CT molecular complexity index is 95.4. The van der Waals surface area contributed by atoms with E-state index in [9.17, 15) is 4.79 Å². The Morgan fingerprint density at radius 1 is 1.50 bits per heavy atom. The number of aliphatic hydroxyl groups excluding tert-OH is 1. The first-order chi connectivity index (χ1) is 4.52. The summed E-state index contributed by atoms with van der Waals surface area (Å²) in [6.07, 6.45) is -0.615. The summed E-state index contributed by atoms with van der Waals surface area (Å²) in [7, 11) is 0. The Balaban J connectivity index is 3.44. The van der Waals surface area contributed by atoms with E-state index in [4.69, 9.17) is 9.84 Å². The van der Waals surface area contributed by atoms with Crippen LogP contribution in [-0.4, -0.2) is 23.3 Å². The molecule has 1 atom stereocenters. The second-order valence-electron chi connectivity index (χ2n) is 2.59. The van der Waals surface area contributed by atoms with Crippen molar-refractivity contribution in [1.29, 1.82) is 0 Å². The maximum absolute atomic E-state index is 10.7. The van der Waals surface area contributed by atoms with Crippen LogP contribution in [0.5, 0.6) is 0 Å². The predicted molar refractivity (Wildman–Crippen MR) is 37.5 cm³/mol. The molecule has 0 aromatic heterocycles. The van der Waals surface area contributed by atoms with Gasteiger partial charge in [0.1, 0.15) is 0 Å². The molecule has 3 heteroatoms. The normalized spacial score (nSPS) is 13.3. The van der Waals surface area contributed by atoms with Crippen molar-refractivity contribution in [1.82, 2.24) is 0 Å². The highest BCUT2D eigenvalue weighted by atomic mass is 16.5. The third-order valence-electron chi connectivity index (χ3n) is 0.829. The van der Waals surface area contributed by atoms with E-state index in [2.05, 4.69) is 0 Å². The summed E-state index contributed by atoms with van der Waals surface area (Å²) < 4.78 is 4.76. The number of hydrogen-bond donors (Lipinski definition) is 1. The standard InChI is InChI=1S/C7H14O3/c1-5(2)10-7(9)4-6(3)8/h5-6,8H,4H2,1-3H3. The quantitative estimate of drug-likeness (QED) is 0.596. The smallest absolute Gasteiger partial charge is 0.308 e. The van der Waals surface area contributed by atoms with Crippen LogP contribution in [0.2, 0.25) is 0 Å². The Kier molecular flexibility index (Phi) is 4.03. The number of aliphatic hydroxyl groups is 1. The first-order valence-electron chi connectivity index (χ1n) is 3.40. The maximum Gasteiger partial charge on any atom is 0.308 e. The highest BCUT2D eigenvalue weighted by Gasteiger charge is 2.07. The molecule has 10 heavy (non-hydrogen) atoms. The number of carbonyl (C=O) groups is 1. The van der Waals surface area contributed by atoms with Gasteiger partial charge in [0.15, 0.2) is 0 Å². The maximum atomic E-state index is 10.7. The molecule has 0 fully saturated rings. The topological polar surface area (TPSA) is 46.5 Å². The van der Waals surface area contributed by atoms with Crippen LogP contribution >= 0.6 is 0 Å². The monoisotopic (exact) mass is 146 g/mol. The number of hydrogen-bond acceptors (Lipinski definition) is 3. The van der Waals surface area contributed by atoms with Crippen LogP contribution in [-0.2, 0) is 9.53 Å². The lowest BCUT2D eigenvalue weighted by Gasteiger charge is -2.08. The van der Waals surface area contributed by atoms with E-state index in [0.717, 1.165) is 0 Å². The van der Waals surface area contributed by atoms with Crippen molar-refractivity contribution in [3.8, 4) is 0 Å². The van der Waals surface area contributed by atoms with Crippen LogP contribution in [0.1, 0.15) is 27.2 Å². The van der Waals surface area contributed by atoms with Crippen LogP contribution in [0.15, 0.2) is 0 Å². The largest absolute Gasteiger partial charge is 0.463 e. The molecule has 1 unspecified atom stereocenters. The van der Waals surface area contributed by atoms with Gasteiger partial charge in [-0.3, -0.25) is 4.79 Å². The molecule has 0 saturated carbocycles. The third kappa shape index (κ3) is 5.56. The number of rotatable bonds is 3. The fourth-order valence-electron chi connectivity index (χ4n) is 0.552. The average molecular weight is 146 g/mol. The van der Waals surface area contributed by atoms with Crippen molar-refractivity contribution in [2.24, 2.45) is 0 Å². The fourth-order valence-corrected chi connectivity index (χ4v) is 0.552. The summed E-state index contributed by atoms with van der Waals surface area (Å²) in [6.45, 7) is 5.11. The predicted octanol–water partition coefficient (Wildman–Crippen LogP) is 0.709. The SMILES string of the molecule is CC(O)CC(=O)OC(C)C. The zero-order valence-corrected chi connectivity index (χ0v) is 6.63. The number of esters is 1. The molecule has 0 radical (unpaired) electrons. The van der Waals surface area contributed by atoms with Crippen molar-refractivity contribution in [2.45, 2.75) is 39.4 Å². The minimum Gasteiger partial charge on any atom is -0.463 e. The fraction of sp³-hybridized carbons (Fsp3) is 0.857. The summed E-state index contributed by atoms with van der Waals surface area (Å²) in [5, 5.41) is 8.73. The van der Waals surface area contributed by atoms with Crippen molar-refractivity contribution < 1.29 is 14.6 Å². The van der Waals surface area contributed by atoms with Gasteiger partial charge in [-0.25, -0.2) is 0 Å². The molecule has 0 saturated heterocycles. The van der Waals surface area contributed by atoms with Crippen molar-refractivity contribution in [3.63, 3.8) is 0 Å². The molecular weight excluding hydrogens is 132 g/mol. The second kappa shape index (κ2) is 4.28. The average Bonchev–Trinajstić information content (AvgIpc) is 1.58. The van der Waals surface area contributed by atoms with E-state index < -0.39 is 6.10 Å². The minimum atomic E-state index is -0.605. The van der Waals surface area contributed by atoms with E-state index in [0.29, 0.717) is 0 Å². The van der Waals surface area contributed by atoms with Crippen LogP contribution in [0.3, 0.4) is 0 Å². The molecule has 0 amide bonds. The van der Waals surface area contributed by atoms with Gasteiger partial charge in [-0.2, -0.15) is 0 Å². The molecule has 0 aromatic rings. The zero-order chi connectivity index (χ0) is 8.15. The van der Waals surface area contributed by atoms with Crippen LogP contribution in [0, 0.1) is 0 Å². The first-order valence-corrected chi connectivity index (χ1v) is 3.40. The van der Waals surface area contributed by atoms with E-state index in [1.165, 1.54) is 0 Å². The molecule has 0 rings (SSSR count). The first kappa shape index (κ1) is 9.43. The van der Waals surface area contributed by atoms with Crippen LogP contribution < -0.4 is 0 Å². The molecule has 0 aliphatic rings. The van der Waals surface area contributed by atoms with Gasteiger partial charge in [0.2, 0.25) is 0 Å². The summed E-state index contributed by atoms with van der Waals surface area (Å²) >= 11 is 0. The number of ether oxygens (including phenoxy) is 1. The van der Waals surface area contributed by atoms with Gasteiger partial charge in [0.25, 0.3) is 0 Å². The van der Waals surface area contributed by atoms with Crippen molar-refractivity contribution in [3.05, 3.63) is 0 Å². The van der Waals surface area contributed by atoms with E-state index in [-0.39, 0.29) is 18.5 Å². The Morgan fingerprint density at radius 3 is 2.30 bits per heavy atom.